The van der Waals surface area contributed by atoms with Crippen molar-refractivity contribution < 1.29 is 19.4 Å². The van der Waals surface area contributed by atoms with E-state index < -0.39 is 12.1 Å². The summed E-state index contributed by atoms with van der Waals surface area (Å²) in [5.74, 6) is -0.0185. The molecule has 0 bridgehead atoms. The number of para-hydroxylation sites is 1. The summed E-state index contributed by atoms with van der Waals surface area (Å²) < 4.78 is 10.9. The van der Waals surface area contributed by atoms with Crippen LogP contribution < -0.4 is 4.74 Å². The van der Waals surface area contributed by atoms with Gasteiger partial charge in [0.05, 0.1) is 6.61 Å². The average Bonchev–Trinajstić information content (AvgIpc) is 2.41. The number of hydrogen-bond acceptors (Lipinski definition) is 4. The number of carbonyl (C=O) groups is 1. The molecule has 1 aliphatic rings. The van der Waals surface area contributed by atoms with Crippen LogP contribution in [-0.4, -0.2) is 54.9 Å². The molecule has 2 rings (SSSR count). The summed E-state index contributed by atoms with van der Waals surface area (Å²) in [5, 5.41) is 8.91. The number of rotatable bonds is 5. The lowest BCUT2D eigenvalue weighted by Gasteiger charge is -2.30. The van der Waals surface area contributed by atoms with Crippen molar-refractivity contribution in [1.82, 2.24) is 4.90 Å². The van der Waals surface area contributed by atoms with Crippen molar-refractivity contribution in [2.75, 3.05) is 32.8 Å². The highest BCUT2D eigenvalue weighted by Crippen LogP contribution is 2.16. The predicted molar refractivity (Wildman–Crippen MR) is 70.5 cm³/mol. The van der Waals surface area contributed by atoms with Crippen LogP contribution in [0.4, 0.5) is 0 Å². The van der Waals surface area contributed by atoms with Crippen molar-refractivity contribution in [3.8, 4) is 5.75 Å². The number of morpholine rings is 1. The molecule has 0 amide bonds. The average molecular weight is 265 g/mol. The number of aryl methyl sites for hydroxylation is 1. The Morgan fingerprint density at radius 2 is 2.32 bits per heavy atom. The highest BCUT2D eigenvalue weighted by Gasteiger charge is 2.25. The molecule has 1 aromatic carbocycles. The molecule has 0 spiro atoms. The number of carboxylic acids is 1. The molecule has 1 aliphatic heterocycles. The van der Waals surface area contributed by atoms with Gasteiger partial charge in [0.25, 0.3) is 0 Å². The summed E-state index contributed by atoms with van der Waals surface area (Å²) in [6, 6.07) is 7.86. The normalized spacial score (nSPS) is 20.2. The Labute approximate surface area is 112 Å². The van der Waals surface area contributed by atoms with Crippen molar-refractivity contribution in [3.63, 3.8) is 0 Å². The van der Waals surface area contributed by atoms with E-state index in [0.29, 0.717) is 26.3 Å². The number of nitrogens with zero attached hydrogens (tertiary/aromatic N) is 1. The summed E-state index contributed by atoms with van der Waals surface area (Å²) in [5.41, 5.74) is 1.10. The van der Waals surface area contributed by atoms with Gasteiger partial charge in [0.15, 0.2) is 6.10 Å². The molecular weight excluding hydrogens is 246 g/mol. The van der Waals surface area contributed by atoms with E-state index in [-0.39, 0.29) is 0 Å². The molecule has 1 unspecified atom stereocenters. The Balaban J connectivity index is 1.77. The third-order valence-corrected chi connectivity index (χ3v) is 3.18. The van der Waals surface area contributed by atoms with Gasteiger partial charge < -0.3 is 14.6 Å². The first kappa shape index (κ1) is 13.8. The smallest absolute Gasteiger partial charge is 0.334 e. The van der Waals surface area contributed by atoms with Crippen molar-refractivity contribution in [1.29, 1.82) is 0 Å². The Hall–Kier alpha value is -1.59. The van der Waals surface area contributed by atoms with Crippen molar-refractivity contribution in [3.05, 3.63) is 29.8 Å². The van der Waals surface area contributed by atoms with E-state index in [1.807, 2.05) is 31.2 Å². The number of carboxylic acid groups (broad SMARTS) is 1. The van der Waals surface area contributed by atoms with E-state index in [1.54, 1.807) is 0 Å². The molecule has 0 aromatic heterocycles. The van der Waals surface area contributed by atoms with Crippen LogP contribution in [0.5, 0.6) is 5.75 Å². The fourth-order valence-corrected chi connectivity index (χ4v) is 2.06. The van der Waals surface area contributed by atoms with Crippen molar-refractivity contribution in [2.24, 2.45) is 0 Å². The van der Waals surface area contributed by atoms with Gasteiger partial charge in [-0.25, -0.2) is 4.79 Å². The van der Waals surface area contributed by atoms with Gasteiger partial charge in [-0.15, -0.1) is 0 Å². The molecular formula is C14H19NO4. The molecule has 5 heteroatoms. The largest absolute Gasteiger partial charge is 0.492 e. The van der Waals surface area contributed by atoms with Gasteiger partial charge in [-0.05, 0) is 18.6 Å². The Morgan fingerprint density at radius 3 is 3.05 bits per heavy atom. The second-order valence-electron chi connectivity index (χ2n) is 4.61. The Kier molecular flexibility index (Phi) is 4.76. The standard InChI is InChI=1S/C14H19NO4/c1-11-4-2-3-5-12(11)18-8-6-15-7-9-19-13(10-15)14(16)17/h2-5,13H,6-10H2,1H3,(H,16,17). The Bertz CT molecular complexity index is 435. The molecule has 1 fully saturated rings. The highest BCUT2D eigenvalue weighted by molar-refractivity contribution is 5.72. The minimum Gasteiger partial charge on any atom is -0.492 e. The van der Waals surface area contributed by atoms with Gasteiger partial charge in [-0.3, -0.25) is 4.90 Å². The summed E-state index contributed by atoms with van der Waals surface area (Å²) in [7, 11) is 0. The molecule has 1 saturated heterocycles. The van der Waals surface area contributed by atoms with E-state index in [0.717, 1.165) is 17.9 Å². The molecule has 1 N–H and O–H groups in total. The fourth-order valence-electron chi connectivity index (χ4n) is 2.06. The maximum absolute atomic E-state index is 10.9. The second kappa shape index (κ2) is 6.54. The van der Waals surface area contributed by atoms with Crippen LogP contribution in [0.25, 0.3) is 0 Å². The predicted octanol–water partition coefficient (Wildman–Crippen LogP) is 1.16. The third-order valence-electron chi connectivity index (χ3n) is 3.18. The lowest BCUT2D eigenvalue weighted by Crippen LogP contribution is -2.47. The SMILES string of the molecule is Cc1ccccc1OCCN1CCOC(C(=O)O)C1. The molecule has 1 aromatic rings. The lowest BCUT2D eigenvalue weighted by atomic mass is 10.2. The first-order valence-electron chi connectivity index (χ1n) is 6.42. The maximum Gasteiger partial charge on any atom is 0.334 e. The number of ether oxygens (including phenoxy) is 2. The van der Waals surface area contributed by atoms with Crippen molar-refractivity contribution >= 4 is 5.97 Å². The topological polar surface area (TPSA) is 59.0 Å². The van der Waals surface area contributed by atoms with E-state index in [1.165, 1.54) is 0 Å². The monoisotopic (exact) mass is 265 g/mol. The van der Waals surface area contributed by atoms with Crippen LogP contribution in [0.3, 0.4) is 0 Å². The van der Waals surface area contributed by atoms with E-state index >= 15 is 0 Å². The van der Waals surface area contributed by atoms with E-state index in [9.17, 15) is 4.79 Å². The molecule has 1 atom stereocenters. The van der Waals surface area contributed by atoms with Crippen LogP contribution in [0, 0.1) is 6.92 Å². The van der Waals surface area contributed by atoms with Gasteiger partial charge in [-0.2, -0.15) is 0 Å². The molecule has 5 nitrogen and oxygen atoms in total. The molecule has 104 valence electrons. The van der Waals surface area contributed by atoms with E-state index in [4.69, 9.17) is 14.6 Å². The molecule has 0 aliphatic carbocycles. The van der Waals surface area contributed by atoms with Crippen molar-refractivity contribution in [2.45, 2.75) is 13.0 Å². The molecule has 1 heterocycles. The fraction of sp³-hybridized carbons (Fsp3) is 0.500. The zero-order chi connectivity index (χ0) is 13.7. The quantitative estimate of drug-likeness (QED) is 0.865. The van der Waals surface area contributed by atoms with Crippen LogP contribution in [0.15, 0.2) is 24.3 Å². The van der Waals surface area contributed by atoms with E-state index in [2.05, 4.69) is 4.90 Å². The second-order valence-corrected chi connectivity index (χ2v) is 4.61. The first-order valence-corrected chi connectivity index (χ1v) is 6.42. The number of benzene rings is 1. The number of hydrogen-bond donors (Lipinski definition) is 1. The van der Waals surface area contributed by atoms with Crippen LogP contribution >= 0.6 is 0 Å². The highest BCUT2D eigenvalue weighted by atomic mass is 16.5. The summed E-state index contributed by atoms with van der Waals surface area (Å²) in [6.45, 7) is 4.90. The summed E-state index contributed by atoms with van der Waals surface area (Å²) in [4.78, 5) is 12.9. The zero-order valence-electron chi connectivity index (χ0n) is 11.0. The minimum atomic E-state index is -0.899. The van der Waals surface area contributed by atoms with Gasteiger partial charge in [0, 0.05) is 19.6 Å². The maximum atomic E-state index is 10.9. The van der Waals surface area contributed by atoms with Gasteiger partial charge in [0.1, 0.15) is 12.4 Å². The van der Waals surface area contributed by atoms with Gasteiger partial charge >= 0.3 is 5.97 Å². The van der Waals surface area contributed by atoms with Gasteiger partial charge in [-0.1, -0.05) is 18.2 Å². The number of aliphatic carboxylic acids is 1. The first-order chi connectivity index (χ1) is 9.16. The zero-order valence-corrected chi connectivity index (χ0v) is 11.0. The van der Waals surface area contributed by atoms with Crippen LogP contribution in [-0.2, 0) is 9.53 Å². The van der Waals surface area contributed by atoms with Crippen LogP contribution in [0.1, 0.15) is 5.56 Å². The molecule has 19 heavy (non-hydrogen) atoms. The Morgan fingerprint density at radius 1 is 1.53 bits per heavy atom. The van der Waals surface area contributed by atoms with Crippen LogP contribution in [0.2, 0.25) is 0 Å². The minimum absolute atomic E-state index is 0.423. The summed E-state index contributed by atoms with van der Waals surface area (Å²) in [6.07, 6.45) is -0.716. The summed E-state index contributed by atoms with van der Waals surface area (Å²) >= 11 is 0. The molecule has 0 radical (unpaired) electrons. The van der Waals surface area contributed by atoms with Gasteiger partial charge in [0.2, 0.25) is 0 Å². The lowest BCUT2D eigenvalue weighted by molar-refractivity contribution is -0.156. The molecule has 0 saturated carbocycles. The third kappa shape index (κ3) is 3.94.